The number of rotatable bonds is 3. The van der Waals surface area contributed by atoms with Gasteiger partial charge in [-0.05, 0) is 56.9 Å². The maximum Gasteiger partial charge on any atom is 0.220 e. The summed E-state index contributed by atoms with van der Waals surface area (Å²) in [5.74, 6) is 2.78. The van der Waals surface area contributed by atoms with Gasteiger partial charge in [-0.3, -0.25) is 4.79 Å². The first-order valence-corrected chi connectivity index (χ1v) is 7.16. The molecule has 1 heterocycles. The van der Waals surface area contributed by atoms with Gasteiger partial charge in [-0.15, -0.1) is 0 Å². The molecule has 3 nitrogen and oxygen atoms in total. The van der Waals surface area contributed by atoms with Crippen LogP contribution in [0.15, 0.2) is 0 Å². The fraction of sp³-hybridized carbons (Fsp3) is 0.929. The summed E-state index contributed by atoms with van der Waals surface area (Å²) in [7, 11) is 0. The zero-order chi connectivity index (χ0) is 11.9. The number of carbonyl (C=O) groups is 1. The topological polar surface area (TPSA) is 41.1 Å². The van der Waals surface area contributed by atoms with E-state index in [2.05, 4.69) is 17.6 Å². The first-order valence-electron chi connectivity index (χ1n) is 7.16. The van der Waals surface area contributed by atoms with E-state index in [0.717, 1.165) is 37.8 Å². The molecule has 3 rings (SSSR count). The van der Waals surface area contributed by atoms with Crippen LogP contribution in [0.4, 0.5) is 0 Å². The minimum atomic E-state index is 0.00863. The van der Waals surface area contributed by atoms with Gasteiger partial charge in [0.1, 0.15) is 0 Å². The van der Waals surface area contributed by atoms with Gasteiger partial charge in [0.15, 0.2) is 0 Å². The molecule has 2 bridgehead atoms. The Labute approximate surface area is 104 Å². The molecule has 3 heteroatoms. The van der Waals surface area contributed by atoms with E-state index in [1.54, 1.807) is 0 Å². The maximum atomic E-state index is 12.1. The predicted octanol–water partition coefficient (Wildman–Crippen LogP) is 1.68. The number of nitrogens with one attached hydrogen (secondary N) is 2. The van der Waals surface area contributed by atoms with Crippen LogP contribution in [0, 0.1) is 17.8 Å². The summed E-state index contributed by atoms with van der Waals surface area (Å²) in [6.07, 6.45) is 7.35. The van der Waals surface area contributed by atoms with Crippen LogP contribution in [0.3, 0.4) is 0 Å². The first kappa shape index (κ1) is 11.5. The van der Waals surface area contributed by atoms with Crippen LogP contribution in [-0.2, 0) is 4.79 Å². The van der Waals surface area contributed by atoms with Crippen molar-refractivity contribution in [1.82, 2.24) is 10.6 Å². The number of fused-ring (bicyclic) bond motifs is 2. The molecule has 0 spiro atoms. The second-order valence-corrected chi connectivity index (χ2v) is 6.67. The highest BCUT2D eigenvalue weighted by Gasteiger charge is 2.40. The molecule has 1 saturated heterocycles. The molecule has 96 valence electrons. The van der Waals surface area contributed by atoms with Crippen LogP contribution in [-0.4, -0.2) is 24.5 Å². The lowest BCUT2D eigenvalue weighted by molar-refractivity contribution is -0.124. The van der Waals surface area contributed by atoms with Gasteiger partial charge in [-0.2, -0.15) is 0 Å². The van der Waals surface area contributed by atoms with E-state index in [9.17, 15) is 4.79 Å². The van der Waals surface area contributed by atoms with Gasteiger partial charge in [0, 0.05) is 13.0 Å². The number of hydrogen-bond donors (Lipinski definition) is 2. The first-order chi connectivity index (χ1) is 8.15. The van der Waals surface area contributed by atoms with Crippen LogP contribution < -0.4 is 10.6 Å². The van der Waals surface area contributed by atoms with Gasteiger partial charge in [-0.1, -0.05) is 6.42 Å². The summed E-state index contributed by atoms with van der Waals surface area (Å²) < 4.78 is 0. The Morgan fingerprint density at radius 1 is 1.41 bits per heavy atom. The molecule has 2 saturated carbocycles. The van der Waals surface area contributed by atoms with Gasteiger partial charge in [0.05, 0.1) is 5.54 Å². The van der Waals surface area contributed by atoms with Crippen molar-refractivity contribution >= 4 is 5.91 Å². The van der Waals surface area contributed by atoms with E-state index in [-0.39, 0.29) is 11.4 Å². The molecule has 0 aromatic heterocycles. The van der Waals surface area contributed by atoms with Crippen molar-refractivity contribution < 1.29 is 4.79 Å². The van der Waals surface area contributed by atoms with Gasteiger partial charge in [0.2, 0.25) is 5.91 Å². The van der Waals surface area contributed by atoms with E-state index in [4.69, 9.17) is 0 Å². The summed E-state index contributed by atoms with van der Waals surface area (Å²) in [5, 5.41) is 6.56. The predicted molar refractivity (Wildman–Crippen MR) is 67.6 cm³/mol. The summed E-state index contributed by atoms with van der Waals surface area (Å²) >= 11 is 0. The molecular formula is C14H24N2O. The molecular weight excluding hydrogens is 212 g/mol. The largest absolute Gasteiger partial charge is 0.350 e. The Balaban J connectivity index is 1.50. The van der Waals surface area contributed by atoms with Crippen molar-refractivity contribution in [3.05, 3.63) is 0 Å². The summed E-state index contributed by atoms with van der Waals surface area (Å²) in [4.78, 5) is 12.1. The highest BCUT2D eigenvalue weighted by Crippen LogP contribution is 2.49. The van der Waals surface area contributed by atoms with E-state index >= 15 is 0 Å². The van der Waals surface area contributed by atoms with Crippen molar-refractivity contribution in [3.63, 3.8) is 0 Å². The van der Waals surface area contributed by atoms with Gasteiger partial charge in [0.25, 0.3) is 0 Å². The summed E-state index contributed by atoms with van der Waals surface area (Å²) in [6, 6.07) is 0. The van der Waals surface area contributed by atoms with Crippen molar-refractivity contribution in [1.29, 1.82) is 0 Å². The summed E-state index contributed by atoms with van der Waals surface area (Å²) in [5.41, 5.74) is 0.00863. The molecule has 3 fully saturated rings. The average molecular weight is 236 g/mol. The van der Waals surface area contributed by atoms with Gasteiger partial charge in [-0.25, -0.2) is 0 Å². The Hall–Kier alpha value is -0.570. The van der Waals surface area contributed by atoms with Crippen LogP contribution in [0.1, 0.15) is 45.4 Å². The van der Waals surface area contributed by atoms with Crippen molar-refractivity contribution in [3.8, 4) is 0 Å². The van der Waals surface area contributed by atoms with Crippen molar-refractivity contribution in [2.24, 2.45) is 17.8 Å². The molecule has 1 aliphatic heterocycles. The van der Waals surface area contributed by atoms with Crippen LogP contribution >= 0.6 is 0 Å². The van der Waals surface area contributed by atoms with E-state index < -0.39 is 0 Å². The fourth-order valence-corrected chi connectivity index (χ4v) is 4.18. The van der Waals surface area contributed by atoms with Crippen LogP contribution in [0.25, 0.3) is 0 Å². The molecule has 3 aliphatic rings. The third-order valence-electron chi connectivity index (χ3n) is 5.14. The molecule has 2 N–H and O–H groups in total. The molecule has 1 amide bonds. The van der Waals surface area contributed by atoms with E-state index in [1.165, 1.54) is 25.7 Å². The standard InChI is InChI=1S/C14H24N2O/c1-14(4-5-15-9-14)16-13(17)8-12-7-10-2-3-11(12)6-10/h10-12,15H,2-9H2,1H3,(H,16,17). The second kappa shape index (κ2) is 4.27. The zero-order valence-corrected chi connectivity index (χ0v) is 10.8. The molecule has 4 atom stereocenters. The van der Waals surface area contributed by atoms with Crippen LogP contribution in [0.5, 0.6) is 0 Å². The molecule has 17 heavy (non-hydrogen) atoms. The Morgan fingerprint density at radius 3 is 2.88 bits per heavy atom. The molecule has 0 radical (unpaired) electrons. The lowest BCUT2D eigenvalue weighted by atomic mass is 9.86. The van der Waals surface area contributed by atoms with E-state index in [1.807, 2.05) is 0 Å². The SMILES string of the molecule is CC1(NC(=O)CC2CC3CCC2C3)CCNC1. The second-order valence-electron chi connectivity index (χ2n) is 6.67. The van der Waals surface area contributed by atoms with Gasteiger partial charge < -0.3 is 10.6 Å². The molecule has 0 aromatic rings. The Bertz CT molecular complexity index is 309. The number of amides is 1. The van der Waals surface area contributed by atoms with E-state index in [0.29, 0.717) is 5.92 Å². The highest BCUT2D eigenvalue weighted by molar-refractivity contribution is 5.77. The minimum Gasteiger partial charge on any atom is -0.350 e. The summed E-state index contributed by atoms with van der Waals surface area (Å²) in [6.45, 7) is 4.12. The lowest BCUT2D eigenvalue weighted by Gasteiger charge is -2.27. The Morgan fingerprint density at radius 2 is 2.29 bits per heavy atom. The minimum absolute atomic E-state index is 0.00863. The van der Waals surface area contributed by atoms with Crippen molar-refractivity contribution in [2.45, 2.75) is 51.0 Å². The zero-order valence-electron chi connectivity index (χ0n) is 10.8. The molecule has 2 aliphatic carbocycles. The Kier molecular flexibility index (Phi) is 2.89. The van der Waals surface area contributed by atoms with Crippen LogP contribution in [0.2, 0.25) is 0 Å². The third-order valence-corrected chi connectivity index (χ3v) is 5.14. The molecule has 0 aromatic carbocycles. The average Bonchev–Trinajstić information content (AvgIpc) is 2.93. The van der Waals surface area contributed by atoms with Gasteiger partial charge >= 0.3 is 0 Å². The monoisotopic (exact) mass is 236 g/mol. The maximum absolute atomic E-state index is 12.1. The third kappa shape index (κ3) is 2.35. The smallest absolute Gasteiger partial charge is 0.220 e. The highest BCUT2D eigenvalue weighted by atomic mass is 16.1. The quantitative estimate of drug-likeness (QED) is 0.783. The van der Waals surface area contributed by atoms with Crippen molar-refractivity contribution in [2.75, 3.05) is 13.1 Å². The fourth-order valence-electron chi connectivity index (χ4n) is 4.18. The number of carbonyl (C=O) groups excluding carboxylic acids is 1. The lowest BCUT2D eigenvalue weighted by Crippen LogP contribution is -2.48. The number of hydrogen-bond acceptors (Lipinski definition) is 2. The molecule has 4 unspecified atom stereocenters. The normalized spacial score (nSPS) is 44.2.